The Morgan fingerprint density at radius 2 is 1.60 bits per heavy atom. The Bertz CT molecular complexity index is 473. The van der Waals surface area contributed by atoms with E-state index in [1.165, 1.54) is 0 Å². The number of hydrogen-bond donors (Lipinski definition) is 2. The van der Waals surface area contributed by atoms with Crippen LogP contribution in [0.3, 0.4) is 0 Å². The number of aliphatic hydroxyl groups is 1. The third kappa shape index (κ3) is 4.68. The van der Waals surface area contributed by atoms with E-state index in [4.69, 9.17) is 4.74 Å². The second-order valence-corrected chi connectivity index (χ2v) is 4.62. The quantitative estimate of drug-likeness (QED) is 0.725. The summed E-state index contributed by atoms with van der Waals surface area (Å²) in [6.07, 6.45) is 0.901. The van der Waals surface area contributed by atoms with Crippen molar-refractivity contribution >= 4 is 0 Å². The minimum atomic E-state index is -0.00655. The van der Waals surface area contributed by atoms with Gasteiger partial charge in [-0.3, -0.25) is 0 Å². The van der Waals surface area contributed by atoms with E-state index >= 15 is 0 Å². The highest BCUT2D eigenvalue weighted by Gasteiger charge is 2.08. The highest BCUT2D eigenvalue weighted by Crippen LogP contribution is 2.11. The number of para-hydroxylation sites is 1. The van der Waals surface area contributed by atoms with Gasteiger partial charge in [0, 0.05) is 0 Å². The highest BCUT2D eigenvalue weighted by atomic mass is 16.5. The topological polar surface area (TPSA) is 41.5 Å². The molecule has 2 aromatic rings. The smallest absolute Gasteiger partial charge is 0.119 e. The van der Waals surface area contributed by atoms with Crippen LogP contribution in [0.5, 0.6) is 5.75 Å². The van der Waals surface area contributed by atoms with Crippen LogP contribution in [0.4, 0.5) is 0 Å². The maximum atomic E-state index is 9.42. The molecule has 2 aromatic carbocycles. The van der Waals surface area contributed by atoms with Gasteiger partial charge in [-0.15, -0.1) is 0 Å². The number of hydrogen-bond acceptors (Lipinski definition) is 3. The first-order valence-corrected chi connectivity index (χ1v) is 6.97. The number of nitrogens with one attached hydrogen (secondary N) is 1. The molecule has 1 atom stereocenters. The number of ether oxygens (including phenoxy) is 1. The van der Waals surface area contributed by atoms with E-state index in [0.717, 1.165) is 24.3 Å². The van der Waals surface area contributed by atoms with Crippen LogP contribution in [0, 0.1) is 0 Å². The molecule has 2 N–H and O–H groups in total. The normalized spacial score (nSPS) is 12.1. The van der Waals surface area contributed by atoms with Crippen molar-refractivity contribution in [2.24, 2.45) is 0 Å². The second kappa shape index (κ2) is 8.35. The molecule has 0 aliphatic heterocycles. The van der Waals surface area contributed by atoms with E-state index in [0.29, 0.717) is 6.61 Å². The highest BCUT2D eigenvalue weighted by molar-refractivity contribution is 5.21. The fraction of sp³-hybridized carbons (Fsp3) is 0.294. The molecular formula is C17H21NO2. The Morgan fingerprint density at radius 1 is 0.950 bits per heavy atom. The van der Waals surface area contributed by atoms with Gasteiger partial charge in [0.2, 0.25) is 0 Å². The van der Waals surface area contributed by atoms with Gasteiger partial charge in [-0.1, -0.05) is 48.5 Å². The standard InChI is InChI=1S/C17H21NO2/c19-14-17(15-8-3-1-4-9-15)18-12-7-13-20-16-10-5-2-6-11-16/h1-6,8-11,17-19H,7,12-14H2. The minimum absolute atomic E-state index is 0.00655. The van der Waals surface area contributed by atoms with Crippen LogP contribution in [0.25, 0.3) is 0 Å². The van der Waals surface area contributed by atoms with E-state index in [1.807, 2.05) is 60.7 Å². The van der Waals surface area contributed by atoms with E-state index in [2.05, 4.69) is 5.32 Å². The molecule has 20 heavy (non-hydrogen) atoms. The molecule has 3 nitrogen and oxygen atoms in total. The molecular weight excluding hydrogens is 250 g/mol. The fourth-order valence-electron chi connectivity index (χ4n) is 2.03. The van der Waals surface area contributed by atoms with E-state index in [9.17, 15) is 5.11 Å². The summed E-state index contributed by atoms with van der Waals surface area (Å²) < 4.78 is 5.62. The molecule has 0 saturated heterocycles. The third-order valence-electron chi connectivity index (χ3n) is 3.11. The lowest BCUT2D eigenvalue weighted by atomic mass is 10.1. The largest absolute Gasteiger partial charge is 0.494 e. The number of aliphatic hydroxyl groups excluding tert-OH is 1. The lowest BCUT2D eigenvalue weighted by molar-refractivity contribution is 0.239. The summed E-state index contributed by atoms with van der Waals surface area (Å²) in [6.45, 7) is 1.58. The van der Waals surface area contributed by atoms with Crippen LogP contribution in [0.15, 0.2) is 60.7 Å². The number of benzene rings is 2. The van der Waals surface area contributed by atoms with Crippen molar-refractivity contribution in [1.29, 1.82) is 0 Å². The van der Waals surface area contributed by atoms with Gasteiger partial charge in [-0.25, -0.2) is 0 Å². The van der Waals surface area contributed by atoms with Crippen molar-refractivity contribution < 1.29 is 9.84 Å². The Morgan fingerprint density at radius 3 is 2.25 bits per heavy atom. The van der Waals surface area contributed by atoms with Gasteiger partial charge in [-0.05, 0) is 30.7 Å². The molecule has 0 heterocycles. The molecule has 1 unspecified atom stereocenters. The van der Waals surface area contributed by atoms with Crippen molar-refractivity contribution in [3.05, 3.63) is 66.2 Å². The van der Waals surface area contributed by atoms with Crippen molar-refractivity contribution in [2.45, 2.75) is 12.5 Å². The zero-order valence-corrected chi connectivity index (χ0v) is 11.5. The van der Waals surface area contributed by atoms with Crippen LogP contribution in [-0.4, -0.2) is 24.9 Å². The summed E-state index contributed by atoms with van der Waals surface area (Å²) >= 11 is 0. The predicted octanol–water partition coefficient (Wildman–Crippen LogP) is 2.78. The maximum absolute atomic E-state index is 9.42. The summed E-state index contributed by atoms with van der Waals surface area (Å²) in [6, 6.07) is 19.8. The maximum Gasteiger partial charge on any atom is 0.119 e. The average molecular weight is 271 g/mol. The predicted molar refractivity (Wildman–Crippen MR) is 80.8 cm³/mol. The van der Waals surface area contributed by atoms with Crippen LogP contribution < -0.4 is 10.1 Å². The Balaban J connectivity index is 1.67. The molecule has 0 amide bonds. The molecule has 0 bridgehead atoms. The average Bonchev–Trinajstić information content (AvgIpc) is 2.53. The summed E-state index contributed by atoms with van der Waals surface area (Å²) in [7, 11) is 0. The van der Waals surface area contributed by atoms with Crippen LogP contribution >= 0.6 is 0 Å². The first kappa shape index (κ1) is 14.6. The fourth-order valence-corrected chi connectivity index (χ4v) is 2.03. The monoisotopic (exact) mass is 271 g/mol. The Labute approximate surface area is 120 Å². The summed E-state index contributed by atoms with van der Waals surface area (Å²) in [5.41, 5.74) is 1.11. The molecule has 0 aromatic heterocycles. The molecule has 0 aliphatic rings. The van der Waals surface area contributed by atoms with Crippen LogP contribution in [0.2, 0.25) is 0 Å². The van der Waals surface area contributed by atoms with Crippen molar-refractivity contribution in [3.8, 4) is 5.75 Å². The Kier molecular flexibility index (Phi) is 6.08. The third-order valence-corrected chi connectivity index (χ3v) is 3.11. The van der Waals surface area contributed by atoms with Crippen LogP contribution in [0.1, 0.15) is 18.0 Å². The van der Waals surface area contributed by atoms with Crippen molar-refractivity contribution in [1.82, 2.24) is 5.32 Å². The minimum Gasteiger partial charge on any atom is -0.494 e. The zero-order valence-electron chi connectivity index (χ0n) is 11.5. The van der Waals surface area contributed by atoms with Gasteiger partial charge in [0.05, 0.1) is 19.3 Å². The second-order valence-electron chi connectivity index (χ2n) is 4.62. The molecule has 3 heteroatoms. The summed E-state index contributed by atoms with van der Waals surface area (Å²) in [4.78, 5) is 0. The van der Waals surface area contributed by atoms with Gasteiger partial charge in [-0.2, -0.15) is 0 Å². The molecule has 0 radical (unpaired) electrons. The van der Waals surface area contributed by atoms with Crippen LogP contribution in [-0.2, 0) is 0 Å². The van der Waals surface area contributed by atoms with E-state index < -0.39 is 0 Å². The lowest BCUT2D eigenvalue weighted by Crippen LogP contribution is -2.26. The van der Waals surface area contributed by atoms with Gasteiger partial charge in [0.25, 0.3) is 0 Å². The zero-order chi connectivity index (χ0) is 14.0. The van der Waals surface area contributed by atoms with E-state index in [-0.39, 0.29) is 12.6 Å². The Hall–Kier alpha value is -1.84. The molecule has 0 aliphatic carbocycles. The SMILES string of the molecule is OCC(NCCCOc1ccccc1)c1ccccc1. The first-order valence-electron chi connectivity index (χ1n) is 6.97. The van der Waals surface area contributed by atoms with Gasteiger partial charge < -0.3 is 15.2 Å². The molecule has 0 saturated carbocycles. The van der Waals surface area contributed by atoms with Crippen molar-refractivity contribution in [3.63, 3.8) is 0 Å². The van der Waals surface area contributed by atoms with E-state index in [1.54, 1.807) is 0 Å². The van der Waals surface area contributed by atoms with Crippen molar-refractivity contribution in [2.75, 3.05) is 19.8 Å². The molecule has 2 rings (SSSR count). The molecule has 0 spiro atoms. The van der Waals surface area contributed by atoms with Gasteiger partial charge >= 0.3 is 0 Å². The summed E-state index contributed by atoms with van der Waals surface area (Å²) in [5.74, 6) is 0.897. The lowest BCUT2D eigenvalue weighted by Gasteiger charge is -2.16. The van der Waals surface area contributed by atoms with Gasteiger partial charge in [0.1, 0.15) is 5.75 Å². The molecule has 0 fully saturated rings. The number of rotatable bonds is 8. The first-order chi connectivity index (χ1) is 9.90. The van der Waals surface area contributed by atoms with Gasteiger partial charge in [0.15, 0.2) is 0 Å². The summed E-state index contributed by atoms with van der Waals surface area (Å²) in [5, 5.41) is 12.8. The molecule has 106 valence electrons.